The van der Waals surface area contributed by atoms with Gasteiger partial charge in [-0.05, 0) is 42.0 Å². The molecule has 0 radical (unpaired) electrons. The van der Waals surface area contributed by atoms with Gasteiger partial charge in [0.2, 0.25) is 5.95 Å². The zero-order valence-electron chi connectivity index (χ0n) is 15.6. The number of benzene rings is 2. The van der Waals surface area contributed by atoms with Gasteiger partial charge in [-0.25, -0.2) is 0 Å². The summed E-state index contributed by atoms with van der Waals surface area (Å²) in [6.07, 6.45) is 0. The van der Waals surface area contributed by atoms with Crippen LogP contribution in [0.5, 0.6) is 5.75 Å². The first kappa shape index (κ1) is 17.7. The molecule has 1 aliphatic rings. The van der Waals surface area contributed by atoms with Crippen molar-refractivity contribution in [3.63, 3.8) is 0 Å². The third kappa shape index (κ3) is 3.20. The minimum Gasteiger partial charge on any atom is -0.492 e. The molecule has 28 heavy (non-hydrogen) atoms. The lowest BCUT2D eigenvalue weighted by Crippen LogP contribution is -2.31. The first-order chi connectivity index (χ1) is 13.7. The third-order valence-corrected chi connectivity index (χ3v) is 4.51. The summed E-state index contributed by atoms with van der Waals surface area (Å²) in [5.74, 6) is 0.879. The number of aromatic nitrogens is 4. The Kier molecular flexibility index (Phi) is 4.76. The van der Waals surface area contributed by atoms with Gasteiger partial charge in [-0.15, -0.1) is 0 Å². The molecule has 3 aromatic rings. The van der Waals surface area contributed by atoms with Crippen LogP contribution in [-0.4, -0.2) is 32.7 Å². The van der Waals surface area contributed by atoms with Crippen molar-refractivity contribution < 1.29 is 9.53 Å². The van der Waals surface area contributed by atoms with Crippen LogP contribution < -0.4 is 15.4 Å². The number of fused-ring (bicyclic) bond motifs is 1. The summed E-state index contributed by atoms with van der Waals surface area (Å²) in [5.41, 5.74) is 2.77. The Labute approximate surface area is 162 Å². The van der Waals surface area contributed by atoms with Gasteiger partial charge in [0.25, 0.3) is 5.91 Å². The van der Waals surface area contributed by atoms with E-state index in [-0.39, 0.29) is 5.91 Å². The van der Waals surface area contributed by atoms with Crippen molar-refractivity contribution in [2.24, 2.45) is 0 Å². The molecule has 1 atom stereocenters. The van der Waals surface area contributed by atoms with E-state index in [1.807, 2.05) is 68.4 Å². The minimum atomic E-state index is -0.438. The van der Waals surface area contributed by atoms with E-state index in [0.717, 1.165) is 5.56 Å². The maximum atomic E-state index is 13.3. The number of para-hydroxylation sites is 2. The van der Waals surface area contributed by atoms with E-state index >= 15 is 0 Å². The maximum Gasteiger partial charge on any atom is 0.255 e. The van der Waals surface area contributed by atoms with Crippen molar-refractivity contribution in [3.8, 4) is 5.75 Å². The molecular formula is C20H20N6O2. The van der Waals surface area contributed by atoms with Gasteiger partial charge in [0.15, 0.2) is 0 Å². The lowest BCUT2D eigenvalue weighted by molar-refractivity contribution is -0.113. The second-order valence-electron chi connectivity index (χ2n) is 6.31. The number of anilines is 2. The molecular weight excluding hydrogens is 356 g/mol. The zero-order chi connectivity index (χ0) is 19.5. The summed E-state index contributed by atoms with van der Waals surface area (Å²) in [4.78, 5) is 13.3. The molecule has 8 heteroatoms. The predicted octanol–water partition coefficient (Wildman–Crippen LogP) is 3.00. The van der Waals surface area contributed by atoms with Crippen molar-refractivity contribution in [2.75, 3.05) is 17.2 Å². The van der Waals surface area contributed by atoms with Crippen LogP contribution in [0.25, 0.3) is 0 Å². The smallest absolute Gasteiger partial charge is 0.255 e. The quantitative estimate of drug-likeness (QED) is 0.711. The summed E-state index contributed by atoms with van der Waals surface area (Å²) >= 11 is 0. The zero-order valence-corrected chi connectivity index (χ0v) is 15.6. The number of hydrogen-bond donors (Lipinski definition) is 2. The third-order valence-electron chi connectivity index (χ3n) is 4.51. The average molecular weight is 376 g/mol. The van der Waals surface area contributed by atoms with E-state index in [1.165, 1.54) is 0 Å². The number of carbonyl (C=O) groups excluding carboxylic acids is 1. The molecule has 1 unspecified atom stereocenters. The van der Waals surface area contributed by atoms with E-state index in [4.69, 9.17) is 4.74 Å². The Morgan fingerprint density at radius 3 is 2.71 bits per heavy atom. The van der Waals surface area contributed by atoms with Crippen LogP contribution in [0, 0.1) is 0 Å². The maximum absolute atomic E-state index is 13.3. The first-order valence-corrected chi connectivity index (χ1v) is 9.02. The number of hydrogen-bond acceptors (Lipinski definition) is 6. The number of amides is 1. The number of nitrogens with zero attached hydrogens (tertiary/aromatic N) is 4. The van der Waals surface area contributed by atoms with Crippen molar-refractivity contribution in [3.05, 3.63) is 71.4 Å². The van der Waals surface area contributed by atoms with E-state index < -0.39 is 6.04 Å². The lowest BCUT2D eigenvalue weighted by Gasteiger charge is -2.28. The minimum absolute atomic E-state index is 0.243. The predicted molar refractivity (Wildman–Crippen MR) is 105 cm³/mol. The Morgan fingerprint density at radius 2 is 1.93 bits per heavy atom. The number of carbonyl (C=O) groups is 1. The van der Waals surface area contributed by atoms with Gasteiger partial charge < -0.3 is 15.4 Å². The molecule has 4 rings (SSSR count). The average Bonchev–Trinajstić information content (AvgIpc) is 3.17. The molecule has 0 saturated heterocycles. The Balaban J connectivity index is 1.73. The highest BCUT2D eigenvalue weighted by molar-refractivity contribution is 6.06. The molecule has 0 saturated carbocycles. The highest BCUT2D eigenvalue weighted by atomic mass is 16.5. The van der Waals surface area contributed by atoms with Crippen LogP contribution >= 0.6 is 0 Å². The van der Waals surface area contributed by atoms with E-state index in [1.54, 1.807) is 4.68 Å². The van der Waals surface area contributed by atoms with Gasteiger partial charge in [-0.1, -0.05) is 47.6 Å². The summed E-state index contributed by atoms with van der Waals surface area (Å²) in [5, 5.41) is 17.9. The molecule has 0 spiro atoms. The number of nitrogens with one attached hydrogen (secondary N) is 2. The monoisotopic (exact) mass is 376 g/mol. The second-order valence-corrected chi connectivity index (χ2v) is 6.31. The Hall–Kier alpha value is -3.68. The van der Waals surface area contributed by atoms with E-state index in [9.17, 15) is 4.79 Å². The Bertz CT molecular complexity index is 1030. The van der Waals surface area contributed by atoms with Gasteiger partial charge in [0, 0.05) is 5.70 Å². The highest BCUT2D eigenvalue weighted by Crippen LogP contribution is 2.35. The molecule has 0 bridgehead atoms. The molecule has 1 aromatic heterocycles. The van der Waals surface area contributed by atoms with Gasteiger partial charge in [-0.3, -0.25) is 4.79 Å². The SMILES string of the molecule is CCOc1ccccc1NC(=O)C1=C(C)Nc2nnnn2C1c1ccccc1. The number of allylic oxidation sites excluding steroid dienone is 1. The molecule has 0 fully saturated rings. The van der Waals surface area contributed by atoms with Gasteiger partial charge in [-0.2, -0.15) is 4.68 Å². The van der Waals surface area contributed by atoms with Crippen LogP contribution in [0.1, 0.15) is 25.5 Å². The molecule has 0 aliphatic carbocycles. The number of ether oxygens (including phenoxy) is 1. The van der Waals surface area contributed by atoms with E-state index in [2.05, 4.69) is 26.2 Å². The number of tetrazole rings is 1. The lowest BCUT2D eigenvalue weighted by atomic mass is 9.95. The first-order valence-electron chi connectivity index (χ1n) is 9.02. The fraction of sp³-hybridized carbons (Fsp3) is 0.200. The molecule has 1 aliphatic heterocycles. The summed E-state index contributed by atoms with van der Waals surface area (Å²) in [6, 6.07) is 16.6. The van der Waals surface area contributed by atoms with Crippen LogP contribution in [0.15, 0.2) is 65.9 Å². The fourth-order valence-corrected chi connectivity index (χ4v) is 3.29. The van der Waals surface area contributed by atoms with Gasteiger partial charge in [0.1, 0.15) is 11.8 Å². The highest BCUT2D eigenvalue weighted by Gasteiger charge is 2.34. The molecule has 2 heterocycles. The van der Waals surface area contributed by atoms with Crippen molar-refractivity contribution >= 4 is 17.5 Å². The fourth-order valence-electron chi connectivity index (χ4n) is 3.29. The molecule has 2 aromatic carbocycles. The second kappa shape index (κ2) is 7.51. The summed E-state index contributed by atoms with van der Waals surface area (Å²) in [6.45, 7) is 4.26. The summed E-state index contributed by atoms with van der Waals surface area (Å²) < 4.78 is 7.24. The normalized spacial score (nSPS) is 15.6. The van der Waals surface area contributed by atoms with Crippen LogP contribution in [0.3, 0.4) is 0 Å². The molecule has 142 valence electrons. The van der Waals surface area contributed by atoms with Gasteiger partial charge >= 0.3 is 0 Å². The van der Waals surface area contributed by atoms with Crippen molar-refractivity contribution in [2.45, 2.75) is 19.9 Å². The van der Waals surface area contributed by atoms with Crippen molar-refractivity contribution in [1.82, 2.24) is 20.2 Å². The standard InChI is InChI=1S/C20H20N6O2/c1-3-28-16-12-8-7-11-15(16)22-19(27)17-13(2)21-20-23-24-25-26(20)18(17)14-9-5-4-6-10-14/h4-12,18H,3H2,1-2H3,(H,22,27)(H,21,23,25). The Morgan fingerprint density at radius 1 is 1.18 bits per heavy atom. The van der Waals surface area contributed by atoms with Crippen LogP contribution in [0.2, 0.25) is 0 Å². The van der Waals surface area contributed by atoms with Crippen LogP contribution in [0.4, 0.5) is 11.6 Å². The van der Waals surface area contributed by atoms with E-state index in [0.29, 0.717) is 35.3 Å². The number of rotatable bonds is 5. The van der Waals surface area contributed by atoms with Crippen molar-refractivity contribution in [1.29, 1.82) is 0 Å². The largest absolute Gasteiger partial charge is 0.492 e. The van der Waals surface area contributed by atoms with Crippen LogP contribution in [-0.2, 0) is 4.79 Å². The topological polar surface area (TPSA) is 94.0 Å². The summed E-state index contributed by atoms with van der Waals surface area (Å²) in [7, 11) is 0. The molecule has 1 amide bonds. The van der Waals surface area contributed by atoms with Gasteiger partial charge in [0.05, 0.1) is 17.9 Å². The molecule has 2 N–H and O–H groups in total. The molecule has 8 nitrogen and oxygen atoms in total.